The largest absolute Gasteiger partial charge is 0.480 e. The van der Waals surface area contributed by atoms with Gasteiger partial charge in [0, 0.05) is 9.13 Å². The van der Waals surface area contributed by atoms with E-state index in [-0.39, 0.29) is 0 Å². The Hall–Kier alpha value is -1.64. The number of benzene rings is 1. The summed E-state index contributed by atoms with van der Waals surface area (Å²) in [6.07, 6.45) is -0.439. The number of nitrogens with one attached hydrogen (secondary N) is 1. The maximum Gasteiger partial charge on any atom is 0.326 e. The molecule has 1 rings (SSSR count). The minimum Gasteiger partial charge on any atom is -0.480 e. The van der Waals surface area contributed by atoms with Crippen LogP contribution in [0.5, 0.6) is 0 Å². The lowest BCUT2D eigenvalue weighted by molar-refractivity contribution is -0.140. The van der Waals surface area contributed by atoms with Crippen molar-refractivity contribution in [1.82, 2.24) is 5.32 Å². The molecule has 2 amide bonds. The average Bonchev–Trinajstić information content (AvgIpc) is 2.27. The van der Waals surface area contributed by atoms with Crippen molar-refractivity contribution >= 4 is 40.4 Å². The second-order valence-electron chi connectivity index (χ2n) is 3.55. The van der Waals surface area contributed by atoms with Gasteiger partial charge in [0.15, 0.2) is 0 Å². The molecule has 0 aliphatic rings. The molecule has 0 aliphatic heterocycles. The third-order valence-corrected chi connectivity index (χ3v) is 2.77. The Balaban J connectivity index is 2.78. The zero-order valence-electron chi connectivity index (χ0n) is 9.22. The Morgan fingerprint density at radius 1 is 1.39 bits per heavy atom. The van der Waals surface area contributed by atoms with Crippen molar-refractivity contribution < 1.29 is 19.5 Å². The van der Waals surface area contributed by atoms with Gasteiger partial charge in [-0.15, -0.1) is 0 Å². The minimum atomic E-state index is -1.31. The zero-order valence-corrected chi connectivity index (χ0v) is 11.4. The summed E-state index contributed by atoms with van der Waals surface area (Å²) in [6.45, 7) is 0. The van der Waals surface area contributed by atoms with Crippen molar-refractivity contribution in [2.24, 2.45) is 5.73 Å². The molecule has 1 aromatic rings. The van der Waals surface area contributed by atoms with E-state index in [1.54, 1.807) is 24.3 Å². The lowest BCUT2D eigenvalue weighted by Gasteiger charge is -2.12. The molecule has 0 radical (unpaired) electrons. The number of aliphatic carboxylic acids is 1. The fourth-order valence-corrected chi connectivity index (χ4v) is 1.82. The molecule has 0 heterocycles. The van der Waals surface area contributed by atoms with E-state index in [1.165, 1.54) is 0 Å². The SMILES string of the molecule is NC(=O)C[C@H](NC(=O)c1cccc(I)c1)C(=O)O. The summed E-state index contributed by atoms with van der Waals surface area (Å²) in [4.78, 5) is 33.3. The monoisotopic (exact) mass is 362 g/mol. The van der Waals surface area contributed by atoms with Crippen molar-refractivity contribution in [1.29, 1.82) is 0 Å². The van der Waals surface area contributed by atoms with Crippen molar-refractivity contribution in [2.45, 2.75) is 12.5 Å². The Kier molecular flexibility index (Phi) is 5.08. The lowest BCUT2D eigenvalue weighted by atomic mass is 10.1. The van der Waals surface area contributed by atoms with Gasteiger partial charge in [0.05, 0.1) is 6.42 Å². The standard InChI is InChI=1S/C11H11IN2O4/c12-7-3-1-2-6(4-7)10(16)14-8(11(17)18)5-9(13)15/h1-4,8H,5H2,(H2,13,15)(H,14,16)(H,17,18)/t8-/m0/s1. The summed E-state index contributed by atoms with van der Waals surface area (Å²) in [5, 5.41) is 11.1. The van der Waals surface area contributed by atoms with Crippen LogP contribution in [0.4, 0.5) is 0 Å². The van der Waals surface area contributed by atoms with Gasteiger partial charge < -0.3 is 16.2 Å². The fraction of sp³-hybridized carbons (Fsp3) is 0.182. The molecule has 6 nitrogen and oxygen atoms in total. The van der Waals surface area contributed by atoms with Crippen LogP contribution < -0.4 is 11.1 Å². The van der Waals surface area contributed by atoms with E-state index in [1.807, 2.05) is 22.6 Å². The van der Waals surface area contributed by atoms with Gasteiger partial charge in [-0.05, 0) is 40.8 Å². The number of carbonyl (C=O) groups is 3. The summed E-state index contributed by atoms with van der Waals surface area (Å²) in [5.74, 6) is -2.64. The first-order valence-corrected chi connectivity index (χ1v) is 6.05. The average molecular weight is 362 g/mol. The number of hydrogen-bond donors (Lipinski definition) is 3. The first-order valence-electron chi connectivity index (χ1n) is 4.97. The van der Waals surface area contributed by atoms with Crippen molar-refractivity contribution in [3.63, 3.8) is 0 Å². The third-order valence-electron chi connectivity index (χ3n) is 2.10. The Morgan fingerprint density at radius 3 is 2.56 bits per heavy atom. The molecule has 0 spiro atoms. The Morgan fingerprint density at radius 2 is 2.06 bits per heavy atom. The summed E-state index contributed by atoms with van der Waals surface area (Å²) in [5.41, 5.74) is 5.25. The van der Waals surface area contributed by atoms with E-state index in [4.69, 9.17) is 10.8 Å². The van der Waals surface area contributed by atoms with Gasteiger partial charge in [0.1, 0.15) is 6.04 Å². The van der Waals surface area contributed by atoms with Crippen LogP contribution in [-0.4, -0.2) is 28.9 Å². The molecular formula is C11H11IN2O4. The van der Waals surface area contributed by atoms with Crippen molar-refractivity contribution in [3.8, 4) is 0 Å². The molecule has 18 heavy (non-hydrogen) atoms. The number of nitrogens with two attached hydrogens (primary N) is 1. The van der Waals surface area contributed by atoms with E-state index in [0.29, 0.717) is 5.56 Å². The second-order valence-corrected chi connectivity index (χ2v) is 4.79. The molecular weight excluding hydrogens is 351 g/mol. The molecule has 0 bridgehead atoms. The molecule has 0 aliphatic carbocycles. The van der Waals surface area contributed by atoms with Gasteiger partial charge >= 0.3 is 5.97 Å². The number of carbonyl (C=O) groups excluding carboxylic acids is 2. The summed E-state index contributed by atoms with van der Waals surface area (Å²) in [7, 11) is 0. The Labute approximate surface area is 117 Å². The highest BCUT2D eigenvalue weighted by Gasteiger charge is 2.22. The molecule has 0 unspecified atom stereocenters. The van der Waals surface area contributed by atoms with Crippen molar-refractivity contribution in [3.05, 3.63) is 33.4 Å². The third kappa shape index (κ3) is 4.32. The zero-order chi connectivity index (χ0) is 13.7. The quantitative estimate of drug-likeness (QED) is 0.657. The minimum absolute atomic E-state index is 0.331. The predicted octanol–water partition coefficient (Wildman–Crippen LogP) is 0.350. The molecule has 0 saturated carbocycles. The maximum atomic E-state index is 11.8. The van der Waals surface area contributed by atoms with Gasteiger partial charge in [-0.2, -0.15) is 0 Å². The van der Waals surface area contributed by atoms with Crippen LogP contribution in [0.1, 0.15) is 16.8 Å². The number of amides is 2. The number of primary amides is 1. The van der Waals surface area contributed by atoms with Gasteiger partial charge in [0.25, 0.3) is 5.91 Å². The van der Waals surface area contributed by atoms with E-state index < -0.39 is 30.2 Å². The molecule has 1 aromatic carbocycles. The van der Waals surface area contributed by atoms with Crippen LogP contribution in [0, 0.1) is 3.57 Å². The molecule has 0 aromatic heterocycles. The summed E-state index contributed by atoms with van der Waals surface area (Å²) < 4.78 is 0.849. The van der Waals surface area contributed by atoms with Gasteiger partial charge in [-0.3, -0.25) is 9.59 Å². The number of rotatable bonds is 5. The molecule has 0 fully saturated rings. The van der Waals surface area contributed by atoms with Gasteiger partial charge in [-0.1, -0.05) is 6.07 Å². The Bertz CT molecular complexity index is 490. The molecule has 7 heteroatoms. The number of hydrogen-bond acceptors (Lipinski definition) is 3. The maximum absolute atomic E-state index is 11.8. The first-order chi connectivity index (χ1) is 8.40. The molecule has 0 saturated heterocycles. The highest BCUT2D eigenvalue weighted by Crippen LogP contribution is 2.08. The van der Waals surface area contributed by atoms with Crippen molar-refractivity contribution in [2.75, 3.05) is 0 Å². The van der Waals surface area contributed by atoms with Crippen LogP contribution in [0.3, 0.4) is 0 Å². The van der Waals surface area contributed by atoms with Crippen LogP contribution in [0.25, 0.3) is 0 Å². The number of halogens is 1. The van der Waals surface area contributed by atoms with Crippen LogP contribution in [0.2, 0.25) is 0 Å². The lowest BCUT2D eigenvalue weighted by Crippen LogP contribution is -2.43. The highest BCUT2D eigenvalue weighted by molar-refractivity contribution is 14.1. The van der Waals surface area contributed by atoms with E-state index in [0.717, 1.165) is 3.57 Å². The highest BCUT2D eigenvalue weighted by atomic mass is 127. The van der Waals surface area contributed by atoms with E-state index in [9.17, 15) is 14.4 Å². The van der Waals surface area contributed by atoms with Gasteiger partial charge in [-0.25, -0.2) is 4.79 Å². The fourth-order valence-electron chi connectivity index (χ4n) is 1.27. The van der Waals surface area contributed by atoms with Gasteiger partial charge in [0.2, 0.25) is 5.91 Å². The topological polar surface area (TPSA) is 109 Å². The smallest absolute Gasteiger partial charge is 0.326 e. The van der Waals surface area contributed by atoms with E-state index >= 15 is 0 Å². The second kappa shape index (κ2) is 6.34. The van der Waals surface area contributed by atoms with Crippen LogP contribution in [-0.2, 0) is 9.59 Å². The normalized spacial score (nSPS) is 11.6. The number of carboxylic acids is 1. The summed E-state index contributed by atoms with van der Waals surface area (Å²) in [6, 6.07) is 5.34. The predicted molar refractivity (Wildman–Crippen MR) is 71.9 cm³/mol. The summed E-state index contributed by atoms with van der Waals surface area (Å²) >= 11 is 2.04. The number of carboxylic acid groups (broad SMARTS) is 1. The molecule has 4 N–H and O–H groups in total. The van der Waals surface area contributed by atoms with Crippen LogP contribution in [0.15, 0.2) is 24.3 Å². The first kappa shape index (κ1) is 14.4. The van der Waals surface area contributed by atoms with E-state index in [2.05, 4.69) is 5.32 Å². The van der Waals surface area contributed by atoms with Crippen LogP contribution >= 0.6 is 22.6 Å². The molecule has 96 valence electrons. The molecule has 1 atom stereocenters.